The Morgan fingerprint density at radius 3 is 2.48 bits per heavy atom. The zero-order chi connectivity index (χ0) is 22.3. The summed E-state index contributed by atoms with van der Waals surface area (Å²) in [6.45, 7) is 5.85. The molecule has 0 heterocycles. The van der Waals surface area contributed by atoms with Crippen LogP contribution in [0, 0.1) is 0 Å². The molecule has 7 heteroatoms. The lowest BCUT2D eigenvalue weighted by Crippen LogP contribution is -2.37. The molecule has 0 atom stereocenters. The van der Waals surface area contributed by atoms with E-state index in [0.717, 1.165) is 29.1 Å². The summed E-state index contributed by atoms with van der Waals surface area (Å²) in [6.07, 6.45) is 0.792. The molecular weight excluding hydrogens is 392 g/mol. The van der Waals surface area contributed by atoms with E-state index in [4.69, 9.17) is 9.47 Å². The molecule has 0 aliphatic rings. The zero-order valence-corrected chi connectivity index (χ0v) is 18.7. The van der Waals surface area contributed by atoms with Gasteiger partial charge in [-0.2, -0.15) is 0 Å². The highest BCUT2D eigenvalue weighted by Crippen LogP contribution is 2.07. The number of rotatable bonds is 12. The van der Waals surface area contributed by atoms with Gasteiger partial charge in [0.2, 0.25) is 0 Å². The summed E-state index contributed by atoms with van der Waals surface area (Å²) in [6, 6.07) is 16.0. The Kier molecular flexibility index (Phi) is 11.1. The molecular formula is C24H34N4O3. The van der Waals surface area contributed by atoms with Crippen molar-refractivity contribution in [3.63, 3.8) is 0 Å². The monoisotopic (exact) mass is 426 g/mol. The van der Waals surface area contributed by atoms with Gasteiger partial charge < -0.3 is 25.4 Å². The van der Waals surface area contributed by atoms with Gasteiger partial charge in [0, 0.05) is 39.4 Å². The van der Waals surface area contributed by atoms with Crippen molar-refractivity contribution in [2.75, 3.05) is 40.5 Å². The van der Waals surface area contributed by atoms with Gasteiger partial charge in [-0.25, -0.2) is 0 Å². The van der Waals surface area contributed by atoms with Crippen molar-refractivity contribution >= 4 is 11.9 Å². The fourth-order valence-electron chi connectivity index (χ4n) is 3.03. The maximum atomic E-state index is 11.8. The van der Waals surface area contributed by atoms with Gasteiger partial charge in [-0.15, -0.1) is 0 Å². The van der Waals surface area contributed by atoms with Crippen LogP contribution in [0.1, 0.15) is 34.0 Å². The Balaban J connectivity index is 1.76. The maximum Gasteiger partial charge on any atom is 0.251 e. The highest BCUT2D eigenvalue weighted by atomic mass is 16.5. The Morgan fingerprint density at radius 1 is 0.968 bits per heavy atom. The highest BCUT2D eigenvalue weighted by Gasteiger charge is 2.04. The number of amides is 1. The second-order valence-electron chi connectivity index (χ2n) is 6.95. The summed E-state index contributed by atoms with van der Waals surface area (Å²) in [7, 11) is 3.39. The number of nitrogens with zero attached hydrogens (tertiary/aromatic N) is 1. The van der Waals surface area contributed by atoms with E-state index in [1.807, 2.05) is 37.3 Å². The van der Waals surface area contributed by atoms with Crippen molar-refractivity contribution in [1.82, 2.24) is 16.0 Å². The van der Waals surface area contributed by atoms with Gasteiger partial charge in [-0.3, -0.25) is 9.79 Å². The summed E-state index contributed by atoms with van der Waals surface area (Å²) in [4.78, 5) is 16.1. The van der Waals surface area contributed by atoms with E-state index in [0.29, 0.717) is 45.1 Å². The van der Waals surface area contributed by atoms with Crippen LogP contribution in [-0.2, 0) is 29.0 Å². The lowest BCUT2D eigenvalue weighted by molar-refractivity contribution is 0.0453. The molecule has 0 bridgehead atoms. The van der Waals surface area contributed by atoms with Gasteiger partial charge >= 0.3 is 0 Å². The number of benzene rings is 2. The minimum atomic E-state index is -0.0748. The predicted octanol–water partition coefficient (Wildman–Crippen LogP) is 2.51. The van der Waals surface area contributed by atoms with E-state index in [1.165, 1.54) is 0 Å². The molecule has 2 rings (SSSR count). The van der Waals surface area contributed by atoms with E-state index >= 15 is 0 Å². The van der Waals surface area contributed by atoms with Gasteiger partial charge in [0.05, 0.1) is 19.8 Å². The van der Waals surface area contributed by atoms with Crippen LogP contribution in [0.15, 0.2) is 53.5 Å². The van der Waals surface area contributed by atoms with Crippen molar-refractivity contribution in [3.8, 4) is 0 Å². The lowest BCUT2D eigenvalue weighted by atomic mass is 10.1. The Bertz CT molecular complexity index is 839. The Hall–Kier alpha value is -2.90. The van der Waals surface area contributed by atoms with Crippen molar-refractivity contribution in [2.45, 2.75) is 26.5 Å². The third-order valence-electron chi connectivity index (χ3n) is 4.64. The molecule has 1 amide bonds. The van der Waals surface area contributed by atoms with E-state index < -0.39 is 0 Å². The molecule has 2 aromatic carbocycles. The number of guanidine groups is 1. The molecule has 0 saturated heterocycles. The number of hydrogen-bond donors (Lipinski definition) is 3. The van der Waals surface area contributed by atoms with Crippen LogP contribution in [0.5, 0.6) is 0 Å². The highest BCUT2D eigenvalue weighted by molar-refractivity contribution is 5.94. The van der Waals surface area contributed by atoms with E-state index in [2.05, 4.69) is 39.1 Å². The summed E-state index contributed by atoms with van der Waals surface area (Å²) in [5.41, 5.74) is 4.06. The predicted molar refractivity (Wildman–Crippen MR) is 124 cm³/mol. The number of carbonyl (C=O) groups is 1. The molecule has 0 unspecified atom stereocenters. The van der Waals surface area contributed by atoms with Gasteiger partial charge in [-0.1, -0.05) is 36.4 Å². The molecule has 0 saturated carbocycles. The van der Waals surface area contributed by atoms with Crippen LogP contribution in [-0.4, -0.2) is 52.3 Å². The number of aliphatic imine (C=N–C) groups is 1. The molecule has 2 aromatic rings. The lowest BCUT2D eigenvalue weighted by Gasteiger charge is -2.13. The van der Waals surface area contributed by atoms with Crippen molar-refractivity contribution in [3.05, 3.63) is 70.8 Å². The number of carbonyl (C=O) groups excluding carboxylic acids is 1. The molecule has 3 N–H and O–H groups in total. The van der Waals surface area contributed by atoms with E-state index in [-0.39, 0.29) is 5.91 Å². The smallest absolute Gasteiger partial charge is 0.251 e. The minimum Gasteiger partial charge on any atom is -0.379 e. The van der Waals surface area contributed by atoms with Gasteiger partial charge in [0.15, 0.2) is 5.96 Å². The molecule has 0 aliphatic heterocycles. The number of hydrogen-bond acceptors (Lipinski definition) is 4. The van der Waals surface area contributed by atoms with Crippen molar-refractivity contribution in [2.24, 2.45) is 4.99 Å². The van der Waals surface area contributed by atoms with Crippen molar-refractivity contribution < 1.29 is 14.3 Å². The second-order valence-corrected chi connectivity index (χ2v) is 6.95. The Labute approximate surface area is 185 Å². The fraction of sp³-hybridized carbons (Fsp3) is 0.417. The fourth-order valence-corrected chi connectivity index (χ4v) is 3.03. The number of nitrogens with one attached hydrogen (secondary N) is 3. The molecule has 0 aromatic heterocycles. The maximum absolute atomic E-state index is 11.8. The quantitative estimate of drug-likeness (QED) is 0.276. The largest absolute Gasteiger partial charge is 0.379 e. The average molecular weight is 427 g/mol. The molecule has 0 aliphatic carbocycles. The van der Waals surface area contributed by atoms with Crippen LogP contribution >= 0.6 is 0 Å². The average Bonchev–Trinajstić information content (AvgIpc) is 2.81. The summed E-state index contributed by atoms with van der Waals surface area (Å²) in [5, 5.41) is 9.31. The third kappa shape index (κ3) is 9.19. The molecule has 0 spiro atoms. The summed E-state index contributed by atoms with van der Waals surface area (Å²) in [5.74, 6) is 0.662. The van der Waals surface area contributed by atoms with Crippen LogP contribution in [0.4, 0.5) is 0 Å². The first kappa shape index (κ1) is 24.4. The van der Waals surface area contributed by atoms with Crippen LogP contribution in [0.25, 0.3) is 0 Å². The zero-order valence-electron chi connectivity index (χ0n) is 18.7. The molecule has 0 fully saturated rings. The SMILES string of the molecule is CCOCCOCc1cccc(CNC(=NC)NCCc2cccc(C(=O)NC)c2)c1. The van der Waals surface area contributed by atoms with Crippen LogP contribution in [0.3, 0.4) is 0 Å². The van der Waals surface area contributed by atoms with E-state index in [1.54, 1.807) is 14.1 Å². The standard InChI is InChI=1S/C24H34N4O3/c1-4-30-13-14-31-18-21-9-5-8-20(15-21)17-28-24(26-3)27-12-11-19-7-6-10-22(16-19)23(29)25-2/h5-10,15-16H,4,11-14,17-18H2,1-3H3,(H,25,29)(H2,26,27,28). The number of ether oxygens (including phenoxy) is 2. The van der Waals surface area contributed by atoms with Gasteiger partial charge in [0.1, 0.15) is 0 Å². The van der Waals surface area contributed by atoms with Crippen LogP contribution in [0.2, 0.25) is 0 Å². The second kappa shape index (κ2) is 14.2. The van der Waals surface area contributed by atoms with Crippen molar-refractivity contribution in [1.29, 1.82) is 0 Å². The first-order valence-corrected chi connectivity index (χ1v) is 10.6. The first-order valence-electron chi connectivity index (χ1n) is 10.6. The normalized spacial score (nSPS) is 11.3. The first-order chi connectivity index (χ1) is 15.2. The van der Waals surface area contributed by atoms with Gasteiger partial charge in [0.25, 0.3) is 5.91 Å². The molecule has 31 heavy (non-hydrogen) atoms. The summed E-state index contributed by atoms with van der Waals surface area (Å²) >= 11 is 0. The van der Waals surface area contributed by atoms with Gasteiger partial charge in [-0.05, 0) is 42.2 Å². The van der Waals surface area contributed by atoms with E-state index in [9.17, 15) is 4.79 Å². The molecule has 0 radical (unpaired) electrons. The summed E-state index contributed by atoms with van der Waals surface area (Å²) < 4.78 is 10.9. The van der Waals surface area contributed by atoms with Crippen LogP contribution < -0.4 is 16.0 Å². The third-order valence-corrected chi connectivity index (χ3v) is 4.64. The molecule has 7 nitrogen and oxygen atoms in total. The topological polar surface area (TPSA) is 84.0 Å². The minimum absolute atomic E-state index is 0.0748. The molecule has 168 valence electrons. The Morgan fingerprint density at radius 2 is 1.71 bits per heavy atom.